The Balaban J connectivity index is 1.89. The first-order chi connectivity index (χ1) is 11.6. The molecule has 0 amide bonds. The Morgan fingerprint density at radius 1 is 1.21 bits per heavy atom. The minimum absolute atomic E-state index is 0.145. The molecule has 2 aromatic carbocycles. The number of nitrogens with zero attached hydrogens (tertiary/aromatic N) is 1. The molecule has 0 spiro atoms. The molecule has 0 aliphatic heterocycles. The molecule has 24 heavy (non-hydrogen) atoms. The normalized spacial score (nSPS) is 12.8. The SMILES string of the molecule is CN=C(NCc1ccc(F)cc1)NCC(OC)c1cccc(Cl)c1. The van der Waals surface area contributed by atoms with Crippen molar-refractivity contribution in [2.24, 2.45) is 4.99 Å². The Hall–Kier alpha value is -2.11. The zero-order valence-corrected chi connectivity index (χ0v) is 14.5. The van der Waals surface area contributed by atoms with E-state index in [1.54, 1.807) is 26.3 Å². The molecule has 1 unspecified atom stereocenters. The van der Waals surface area contributed by atoms with E-state index in [9.17, 15) is 4.39 Å². The van der Waals surface area contributed by atoms with Gasteiger partial charge in [0.15, 0.2) is 5.96 Å². The van der Waals surface area contributed by atoms with E-state index in [4.69, 9.17) is 16.3 Å². The summed E-state index contributed by atoms with van der Waals surface area (Å²) in [6.07, 6.45) is -0.145. The Morgan fingerprint density at radius 3 is 2.58 bits per heavy atom. The van der Waals surface area contributed by atoms with E-state index in [0.29, 0.717) is 24.1 Å². The third-order valence-corrected chi connectivity index (χ3v) is 3.79. The van der Waals surface area contributed by atoms with E-state index in [0.717, 1.165) is 11.1 Å². The molecular weight excluding hydrogens is 329 g/mol. The largest absolute Gasteiger partial charge is 0.375 e. The van der Waals surface area contributed by atoms with Crippen LogP contribution >= 0.6 is 11.6 Å². The van der Waals surface area contributed by atoms with Crippen molar-refractivity contribution >= 4 is 17.6 Å². The van der Waals surface area contributed by atoms with Gasteiger partial charge in [0.05, 0.1) is 6.10 Å². The standard InChI is InChI=1S/C18H21ClFN3O/c1-21-18(22-11-13-6-8-16(20)9-7-13)23-12-17(24-2)14-4-3-5-15(19)10-14/h3-10,17H,11-12H2,1-2H3,(H2,21,22,23). The summed E-state index contributed by atoms with van der Waals surface area (Å²) in [7, 11) is 3.35. The molecule has 0 aromatic heterocycles. The minimum Gasteiger partial charge on any atom is -0.375 e. The molecule has 0 heterocycles. The lowest BCUT2D eigenvalue weighted by molar-refractivity contribution is 0.106. The molecule has 6 heteroatoms. The van der Waals surface area contributed by atoms with Gasteiger partial charge in [0.2, 0.25) is 0 Å². The van der Waals surface area contributed by atoms with Gasteiger partial charge < -0.3 is 15.4 Å². The molecule has 0 saturated carbocycles. The van der Waals surface area contributed by atoms with Crippen LogP contribution in [0.15, 0.2) is 53.5 Å². The Morgan fingerprint density at radius 2 is 1.96 bits per heavy atom. The number of benzene rings is 2. The van der Waals surface area contributed by atoms with E-state index in [2.05, 4.69) is 15.6 Å². The van der Waals surface area contributed by atoms with Crippen LogP contribution in [0.4, 0.5) is 4.39 Å². The third-order valence-electron chi connectivity index (χ3n) is 3.56. The summed E-state index contributed by atoms with van der Waals surface area (Å²) in [5, 5.41) is 7.07. The number of guanidine groups is 1. The number of halogens is 2. The molecule has 0 fully saturated rings. The smallest absolute Gasteiger partial charge is 0.191 e. The van der Waals surface area contributed by atoms with Gasteiger partial charge >= 0.3 is 0 Å². The maximum atomic E-state index is 12.9. The average molecular weight is 350 g/mol. The first-order valence-electron chi connectivity index (χ1n) is 7.59. The number of hydrogen-bond acceptors (Lipinski definition) is 2. The lowest BCUT2D eigenvalue weighted by Gasteiger charge is -2.19. The molecule has 0 bridgehead atoms. The second-order valence-electron chi connectivity index (χ2n) is 5.21. The van der Waals surface area contributed by atoms with Gasteiger partial charge in [-0.2, -0.15) is 0 Å². The first-order valence-corrected chi connectivity index (χ1v) is 7.97. The number of nitrogens with one attached hydrogen (secondary N) is 2. The molecule has 1 atom stereocenters. The highest BCUT2D eigenvalue weighted by atomic mass is 35.5. The summed E-state index contributed by atoms with van der Waals surface area (Å²) in [5.41, 5.74) is 1.96. The van der Waals surface area contributed by atoms with E-state index in [1.807, 2.05) is 24.3 Å². The van der Waals surface area contributed by atoms with Crippen LogP contribution in [0.25, 0.3) is 0 Å². The van der Waals surface area contributed by atoms with Crippen LogP contribution in [-0.4, -0.2) is 26.7 Å². The molecule has 2 aromatic rings. The second-order valence-corrected chi connectivity index (χ2v) is 5.65. The summed E-state index contributed by atoms with van der Waals surface area (Å²) < 4.78 is 18.4. The molecule has 0 radical (unpaired) electrons. The van der Waals surface area contributed by atoms with E-state index in [-0.39, 0.29) is 11.9 Å². The highest BCUT2D eigenvalue weighted by Crippen LogP contribution is 2.19. The first kappa shape index (κ1) is 18.2. The van der Waals surface area contributed by atoms with Gasteiger partial charge in [-0.25, -0.2) is 4.39 Å². The lowest BCUT2D eigenvalue weighted by atomic mass is 10.1. The van der Waals surface area contributed by atoms with Gasteiger partial charge in [-0.05, 0) is 35.4 Å². The van der Waals surface area contributed by atoms with Crippen molar-refractivity contribution in [1.82, 2.24) is 10.6 Å². The lowest BCUT2D eigenvalue weighted by Crippen LogP contribution is -2.39. The van der Waals surface area contributed by atoms with Crippen molar-refractivity contribution in [1.29, 1.82) is 0 Å². The van der Waals surface area contributed by atoms with Crippen molar-refractivity contribution in [3.63, 3.8) is 0 Å². The number of ether oxygens (including phenoxy) is 1. The van der Waals surface area contributed by atoms with E-state index < -0.39 is 0 Å². The van der Waals surface area contributed by atoms with Gasteiger partial charge in [-0.15, -0.1) is 0 Å². The van der Waals surface area contributed by atoms with Crippen molar-refractivity contribution in [2.75, 3.05) is 20.7 Å². The fourth-order valence-corrected chi connectivity index (χ4v) is 2.44. The van der Waals surface area contributed by atoms with Gasteiger partial charge in [-0.3, -0.25) is 4.99 Å². The van der Waals surface area contributed by atoms with Gasteiger partial charge in [0, 0.05) is 32.3 Å². The van der Waals surface area contributed by atoms with E-state index in [1.165, 1.54) is 12.1 Å². The molecule has 0 saturated heterocycles. The molecular formula is C18H21ClFN3O. The average Bonchev–Trinajstić information content (AvgIpc) is 2.59. The quantitative estimate of drug-likeness (QED) is 0.619. The van der Waals surface area contributed by atoms with Crippen molar-refractivity contribution < 1.29 is 9.13 Å². The van der Waals surface area contributed by atoms with Crippen LogP contribution in [0.2, 0.25) is 5.02 Å². The van der Waals surface area contributed by atoms with Crippen LogP contribution in [0, 0.1) is 5.82 Å². The third kappa shape index (κ3) is 5.51. The highest BCUT2D eigenvalue weighted by molar-refractivity contribution is 6.30. The summed E-state index contributed by atoms with van der Waals surface area (Å²) in [6, 6.07) is 13.9. The van der Waals surface area contributed by atoms with Crippen LogP contribution < -0.4 is 10.6 Å². The number of hydrogen-bond donors (Lipinski definition) is 2. The topological polar surface area (TPSA) is 45.7 Å². The van der Waals surface area contributed by atoms with Gasteiger partial charge in [-0.1, -0.05) is 35.9 Å². The fraction of sp³-hybridized carbons (Fsp3) is 0.278. The maximum absolute atomic E-state index is 12.9. The van der Waals surface area contributed by atoms with Gasteiger partial charge in [0.1, 0.15) is 5.82 Å². The summed E-state index contributed by atoms with van der Waals surface area (Å²) in [6.45, 7) is 1.09. The number of rotatable bonds is 6. The monoisotopic (exact) mass is 349 g/mol. The zero-order chi connectivity index (χ0) is 17.4. The number of methoxy groups -OCH3 is 1. The Labute approximate surface area is 146 Å². The Kier molecular flexibility index (Phi) is 7.03. The van der Waals surface area contributed by atoms with Crippen LogP contribution in [-0.2, 0) is 11.3 Å². The van der Waals surface area contributed by atoms with E-state index >= 15 is 0 Å². The van der Waals surface area contributed by atoms with Crippen molar-refractivity contribution in [3.05, 3.63) is 70.5 Å². The maximum Gasteiger partial charge on any atom is 0.191 e. The Bertz CT molecular complexity index is 676. The fourth-order valence-electron chi connectivity index (χ4n) is 2.24. The second kappa shape index (κ2) is 9.25. The summed E-state index contributed by atoms with van der Waals surface area (Å²) in [5.74, 6) is 0.397. The minimum atomic E-state index is -0.245. The molecule has 0 aliphatic carbocycles. The van der Waals surface area contributed by atoms with Gasteiger partial charge in [0.25, 0.3) is 0 Å². The molecule has 2 N–H and O–H groups in total. The molecule has 2 rings (SSSR count). The van der Waals surface area contributed by atoms with Crippen LogP contribution in [0.1, 0.15) is 17.2 Å². The highest BCUT2D eigenvalue weighted by Gasteiger charge is 2.11. The molecule has 0 aliphatic rings. The molecule has 4 nitrogen and oxygen atoms in total. The summed E-state index contributed by atoms with van der Waals surface area (Å²) >= 11 is 6.03. The predicted molar refractivity (Wildman–Crippen MR) is 95.8 cm³/mol. The van der Waals surface area contributed by atoms with Crippen molar-refractivity contribution in [3.8, 4) is 0 Å². The van der Waals surface area contributed by atoms with Crippen LogP contribution in [0.5, 0.6) is 0 Å². The summed E-state index contributed by atoms with van der Waals surface area (Å²) in [4.78, 5) is 4.18. The van der Waals surface area contributed by atoms with Crippen LogP contribution in [0.3, 0.4) is 0 Å². The van der Waals surface area contributed by atoms with Crippen molar-refractivity contribution in [2.45, 2.75) is 12.6 Å². The number of aliphatic imine (C=N–C) groups is 1. The predicted octanol–water partition coefficient (Wildman–Crippen LogP) is 3.53. The molecule has 128 valence electrons. The zero-order valence-electron chi connectivity index (χ0n) is 13.7.